The Bertz CT molecular complexity index is 273. The highest BCUT2D eigenvalue weighted by Gasteiger charge is 2.34. The van der Waals surface area contributed by atoms with Crippen LogP contribution in [-0.4, -0.2) is 6.29 Å². The summed E-state index contributed by atoms with van der Waals surface area (Å²) in [4.78, 5) is 10.9. The quantitative estimate of drug-likeness (QED) is 0.505. The van der Waals surface area contributed by atoms with E-state index < -0.39 is 0 Å². The number of allylic oxidation sites excluding steroid dienone is 3. The summed E-state index contributed by atoms with van der Waals surface area (Å²) >= 11 is 0. The van der Waals surface area contributed by atoms with Gasteiger partial charge in [-0.3, -0.25) is 0 Å². The predicted molar refractivity (Wildman–Crippen MR) is 64.6 cm³/mol. The van der Waals surface area contributed by atoms with Crippen LogP contribution >= 0.6 is 0 Å². The summed E-state index contributed by atoms with van der Waals surface area (Å²) in [7, 11) is 0. The highest BCUT2D eigenvalue weighted by molar-refractivity contribution is 5.63. The molecule has 2 atom stereocenters. The second-order valence-electron chi connectivity index (χ2n) is 5.11. The van der Waals surface area contributed by atoms with Crippen LogP contribution in [0, 0.1) is 17.3 Å². The maximum atomic E-state index is 10.9. The largest absolute Gasteiger partial charge is 0.302 e. The van der Waals surface area contributed by atoms with E-state index in [2.05, 4.69) is 33.4 Å². The van der Waals surface area contributed by atoms with Gasteiger partial charge < -0.3 is 4.79 Å². The van der Waals surface area contributed by atoms with Crippen LogP contribution in [0.5, 0.6) is 0 Å². The van der Waals surface area contributed by atoms with Gasteiger partial charge in [0.2, 0.25) is 0 Å². The minimum absolute atomic E-state index is 0.0557. The van der Waals surface area contributed by atoms with Crippen LogP contribution < -0.4 is 0 Å². The summed E-state index contributed by atoms with van der Waals surface area (Å²) in [6.45, 7) is 10.8. The van der Waals surface area contributed by atoms with Crippen molar-refractivity contribution in [2.24, 2.45) is 17.3 Å². The molecule has 15 heavy (non-hydrogen) atoms. The first kappa shape index (κ1) is 12.2. The van der Waals surface area contributed by atoms with E-state index >= 15 is 0 Å². The number of hydrogen-bond donors (Lipinski definition) is 0. The van der Waals surface area contributed by atoms with Gasteiger partial charge in [0.15, 0.2) is 0 Å². The van der Waals surface area contributed by atoms with Crippen molar-refractivity contribution in [1.82, 2.24) is 0 Å². The average Bonchev–Trinajstić information content (AvgIpc) is 2.17. The van der Waals surface area contributed by atoms with Gasteiger partial charge in [-0.15, -0.1) is 0 Å². The number of carbonyl (C=O) groups is 1. The molecule has 84 valence electrons. The Hall–Kier alpha value is -0.850. The molecule has 0 aliphatic heterocycles. The molecule has 1 aliphatic carbocycles. The van der Waals surface area contributed by atoms with Gasteiger partial charge >= 0.3 is 0 Å². The van der Waals surface area contributed by atoms with Crippen molar-refractivity contribution in [2.45, 2.75) is 40.0 Å². The van der Waals surface area contributed by atoms with Gasteiger partial charge in [-0.25, -0.2) is 0 Å². The lowest BCUT2D eigenvalue weighted by atomic mass is 9.66. The van der Waals surface area contributed by atoms with Crippen molar-refractivity contribution in [3.63, 3.8) is 0 Å². The molecule has 0 aromatic heterocycles. The molecule has 2 unspecified atom stereocenters. The summed E-state index contributed by atoms with van der Waals surface area (Å²) in [6, 6.07) is 0. The fraction of sp³-hybridized carbons (Fsp3) is 0.643. The Morgan fingerprint density at radius 3 is 2.73 bits per heavy atom. The van der Waals surface area contributed by atoms with Crippen LogP contribution in [0.15, 0.2) is 24.3 Å². The topological polar surface area (TPSA) is 17.1 Å². The first-order valence-electron chi connectivity index (χ1n) is 5.86. The zero-order valence-corrected chi connectivity index (χ0v) is 10.1. The highest BCUT2D eigenvalue weighted by Crippen LogP contribution is 2.43. The van der Waals surface area contributed by atoms with E-state index in [4.69, 9.17) is 0 Å². The van der Waals surface area contributed by atoms with Crippen molar-refractivity contribution in [3.8, 4) is 0 Å². The van der Waals surface area contributed by atoms with Crippen molar-refractivity contribution >= 4 is 6.29 Å². The molecule has 0 saturated heterocycles. The molecule has 1 nitrogen and oxygen atoms in total. The second kappa shape index (κ2) is 4.78. The number of hydrogen-bond acceptors (Lipinski definition) is 1. The monoisotopic (exact) mass is 206 g/mol. The van der Waals surface area contributed by atoms with Crippen LogP contribution in [0.2, 0.25) is 0 Å². The minimum Gasteiger partial charge on any atom is -0.302 e. The van der Waals surface area contributed by atoms with Gasteiger partial charge in [-0.1, -0.05) is 57.9 Å². The third-order valence-corrected chi connectivity index (χ3v) is 3.50. The van der Waals surface area contributed by atoms with E-state index in [1.165, 1.54) is 12.8 Å². The molecule has 1 rings (SSSR count). The van der Waals surface area contributed by atoms with Crippen molar-refractivity contribution < 1.29 is 4.79 Å². The van der Waals surface area contributed by atoms with E-state index in [-0.39, 0.29) is 11.3 Å². The predicted octanol–water partition coefficient (Wildman–Crippen LogP) is 3.76. The Morgan fingerprint density at radius 1 is 1.53 bits per heavy atom. The lowest BCUT2D eigenvalue weighted by Crippen LogP contribution is -2.30. The zero-order chi connectivity index (χ0) is 11.5. The lowest BCUT2D eigenvalue weighted by Gasteiger charge is -2.38. The fourth-order valence-electron chi connectivity index (χ4n) is 2.40. The van der Waals surface area contributed by atoms with Crippen LogP contribution in [0.25, 0.3) is 0 Å². The molecule has 1 aliphatic rings. The first-order chi connectivity index (χ1) is 7.03. The van der Waals surface area contributed by atoms with Gasteiger partial charge in [-0.2, -0.15) is 0 Å². The molecule has 0 fully saturated rings. The summed E-state index contributed by atoms with van der Waals surface area (Å²) in [5.74, 6) is 0.400. The Labute approximate surface area is 93.3 Å². The average molecular weight is 206 g/mol. The molecule has 0 spiro atoms. The van der Waals surface area contributed by atoms with Gasteiger partial charge in [0.1, 0.15) is 6.29 Å². The van der Waals surface area contributed by atoms with Crippen molar-refractivity contribution in [2.75, 3.05) is 0 Å². The van der Waals surface area contributed by atoms with Crippen LogP contribution in [0.3, 0.4) is 0 Å². The smallest absolute Gasteiger partial charge is 0.130 e. The van der Waals surface area contributed by atoms with E-state index in [1.807, 2.05) is 6.08 Å². The van der Waals surface area contributed by atoms with Crippen LogP contribution in [-0.2, 0) is 4.79 Å². The van der Waals surface area contributed by atoms with Crippen molar-refractivity contribution in [1.29, 1.82) is 0 Å². The Morgan fingerprint density at radius 2 is 2.20 bits per heavy atom. The molecule has 0 heterocycles. The fourth-order valence-corrected chi connectivity index (χ4v) is 2.40. The maximum Gasteiger partial charge on any atom is 0.130 e. The van der Waals surface area contributed by atoms with E-state index in [9.17, 15) is 4.79 Å². The van der Waals surface area contributed by atoms with Crippen LogP contribution in [0.1, 0.15) is 40.0 Å². The molecule has 0 radical (unpaired) electrons. The SMILES string of the molecule is C=C1C(C=O)C=CC(C)(C)C1CCCC. The third-order valence-electron chi connectivity index (χ3n) is 3.50. The second-order valence-corrected chi connectivity index (χ2v) is 5.11. The molecule has 0 bridgehead atoms. The summed E-state index contributed by atoms with van der Waals surface area (Å²) in [6.07, 6.45) is 8.75. The molecule has 0 saturated carbocycles. The molecule has 0 aromatic rings. The van der Waals surface area contributed by atoms with E-state index in [0.29, 0.717) is 5.92 Å². The highest BCUT2D eigenvalue weighted by atomic mass is 16.1. The number of aldehydes is 1. The molecule has 0 aromatic carbocycles. The Balaban J connectivity index is 2.85. The third kappa shape index (κ3) is 2.58. The molecular formula is C14H22O. The standard InChI is InChI=1S/C14H22O/c1-5-6-7-13-11(2)12(10-15)8-9-14(13,3)4/h8-10,12-13H,2,5-7H2,1,3-4H3. The van der Waals surface area contributed by atoms with Gasteiger partial charge in [0, 0.05) is 0 Å². The van der Waals surface area contributed by atoms with Gasteiger partial charge in [-0.05, 0) is 17.8 Å². The first-order valence-corrected chi connectivity index (χ1v) is 5.86. The molecule has 0 N–H and O–H groups in total. The Kier molecular flexibility index (Phi) is 3.90. The number of rotatable bonds is 4. The maximum absolute atomic E-state index is 10.9. The molecule has 1 heteroatoms. The summed E-state index contributed by atoms with van der Waals surface area (Å²) in [5, 5.41) is 0. The van der Waals surface area contributed by atoms with E-state index in [1.54, 1.807) is 0 Å². The van der Waals surface area contributed by atoms with Gasteiger partial charge in [0.05, 0.1) is 5.92 Å². The lowest BCUT2D eigenvalue weighted by molar-refractivity contribution is -0.109. The van der Waals surface area contributed by atoms with Gasteiger partial charge in [0.25, 0.3) is 0 Å². The summed E-state index contributed by atoms with van der Waals surface area (Å²) < 4.78 is 0. The van der Waals surface area contributed by atoms with Crippen LogP contribution in [0.4, 0.5) is 0 Å². The zero-order valence-electron chi connectivity index (χ0n) is 10.1. The normalized spacial score (nSPS) is 29.1. The molecule has 0 amide bonds. The van der Waals surface area contributed by atoms with Crippen molar-refractivity contribution in [3.05, 3.63) is 24.3 Å². The number of carbonyl (C=O) groups excluding carboxylic acids is 1. The minimum atomic E-state index is -0.0557. The van der Waals surface area contributed by atoms with E-state index in [0.717, 1.165) is 18.3 Å². The summed E-state index contributed by atoms with van der Waals surface area (Å²) in [5.41, 5.74) is 1.26. The molecular weight excluding hydrogens is 184 g/mol. The number of unbranched alkanes of at least 4 members (excludes halogenated alkanes) is 1.